The Morgan fingerprint density at radius 2 is 2.21 bits per heavy atom. The molecule has 0 saturated carbocycles. The summed E-state index contributed by atoms with van der Waals surface area (Å²) in [6.07, 6.45) is 1.90. The third kappa shape index (κ3) is 2.05. The number of H-pyrrole nitrogens is 1. The molecule has 14 heavy (non-hydrogen) atoms. The summed E-state index contributed by atoms with van der Waals surface area (Å²) >= 11 is 0. The molecule has 1 aliphatic rings. The summed E-state index contributed by atoms with van der Waals surface area (Å²) in [4.78, 5) is 11.5. The van der Waals surface area contributed by atoms with Gasteiger partial charge in [0.15, 0.2) is 0 Å². The van der Waals surface area contributed by atoms with Crippen molar-refractivity contribution in [3.05, 3.63) is 5.82 Å². The summed E-state index contributed by atoms with van der Waals surface area (Å²) in [5.74, 6) is -0.158. The quantitative estimate of drug-likeness (QED) is 0.545. The molecule has 0 atom stereocenters. The largest absolute Gasteiger partial charge is 0.346 e. The number of carbonyl (C=O) groups excluding carboxylic acids is 1. The van der Waals surface area contributed by atoms with Crippen LogP contribution in [-0.4, -0.2) is 45.7 Å². The maximum atomic E-state index is 11.5. The molecule has 0 aromatic carbocycles. The van der Waals surface area contributed by atoms with E-state index in [1.807, 2.05) is 0 Å². The first-order chi connectivity index (χ1) is 6.86. The molecule has 0 bridgehead atoms. The van der Waals surface area contributed by atoms with Crippen LogP contribution in [0.3, 0.4) is 0 Å². The van der Waals surface area contributed by atoms with E-state index in [9.17, 15) is 4.79 Å². The Labute approximate surface area is 80.6 Å². The van der Waals surface area contributed by atoms with Crippen LogP contribution in [-0.2, 0) is 0 Å². The Bertz CT molecular complexity index is 291. The molecular formula is C7H12N6O. The molecule has 0 unspecified atom stereocenters. The van der Waals surface area contributed by atoms with Crippen LogP contribution in [0.25, 0.3) is 0 Å². The monoisotopic (exact) mass is 196 g/mol. The number of aromatic nitrogens is 4. The van der Waals surface area contributed by atoms with Gasteiger partial charge in [-0.05, 0) is 31.1 Å². The van der Waals surface area contributed by atoms with E-state index in [0.29, 0.717) is 0 Å². The molecule has 1 aromatic rings. The summed E-state index contributed by atoms with van der Waals surface area (Å²) in [5.41, 5.74) is 0. The fourth-order valence-electron chi connectivity index (χ4n) is 1.47. The van der Waals surface area contributed by atoms with Crippen LogP contribution in [0.15, 0.2) is 0 Å². The highest BCUT2D eigenvalue weighted by Crippen LogP contribution is 2.02. The SMILES string of the molecule is O=C(NC1CCNCC1)c1nn[nH]n1. The van der Waals surface area contributed by atoms with Crippen molar-refractivity contribution in [2.24, 2.45) is 0 Å². The maximum absolute atomic E-state index is 11.5. The molecule has 1 saturated heterocycles. The van der Waals surface area contributed by atoms with Gasteiger partial charge in [-0.25, -0.2) is 0 Å². The van der Waals surface area contributed by atoms with Gasteiger partial charge in [0.1, 0.15) is 0 Å². The zero-order chi connectivity index (χ0) is 9.80. The Hall–Kier alpha value is -1.50. The summed E-state index contributed by atoms with van der Waals surface area (Å²) < 4.78 is 0. The van der Waals surface area contributed by atoms with Gasteiger partial charge in [0.05, 0.1) is 0 Å². The van der Waals surface area contributed by atoms with Gasteiger partial charge >= 0.3 is 0 Å². The second kappa shape index (κ2) is 4.14. The van der Waals surface area contributed by atoms with Gasteiger partial charge in [0.25, 0.3) is 11.7 Å². The number of nitrogens with one attached hydrogen (secondary N) is 3. The van der Waals surface area contributed by atoms with Gasteiger partial charge in [-0.2, -0.15) is 5.21 Å². The molecule has 2 heterocycles. The van der Waals surface area contributed by atoms with E-state index < -0.39 is 0 Å². The summed E-state index contributed by atoms with van der Waals surface area (Å²) in [6, 6.07) is 0.224. The van der Waals surface area contributed by atoms with E-state index in [1.54, 1.807) is 0 Å². The third-order valence-corrected chi connectivity index (χ3v) is 2.22. The highest BCUT2D eigenvalue weighted by atomic mass is 16.2. The highest BCUT2D eigenvalue weighted by molar-refractivity contribution is 5.90. The Kier molecular flexibility index (Phi) is 2.68. The molecule has 1 amide bonds. The molecular weight excluding hydrogens is 184 g/mol. The summed E-state index contributed by atoms with van der Waals surface area (Å²) in [5, 5.41) is 18.9. The van der Waals surface area contributed by atoms with E-state index >= 15 is 0 Å². The van der Waals surface area contributed by atoms with E-state index in [-0.39, 0.29) is 17.8 Å². The lowest BCUT2D eigenvalue weighted by atomic mass is 10.1. The molecule has 1 aliphatic heterocycles. The van der Waals surface area contributed by atoms with E-state index in [1.165, 1.54) is 0 Å². The minimum atomic E-state index is -0.259. The lowest BCUT2D eigenvalue weighted by Gasteiger charge is -2.22. The second-order valence-corrected chi connectivity index (χ2v) is 3.23. The van der Waals surface area contributed by atoms with Crippen LogP contribution in [0.1, 0.15) is 23.5 Å². The first-order valence-electron chi connectivity index (χ1n) is 4.61. The first kappa shape index (κ1) is 9.07. The van der Waals surface area contributed by atoms with Crippen LogP contribution in [0.5, 0.6) is 0 Å². The molecule has 76 valence electrons. The van der Waals surface area contributed by atoms with Crippen molar-refractivity contribution in [2.75, 3.05) is 13.1 Å². The Balaban J connectivity index is 1.87. The molecule has 1 aromatic heterocycles. The zero-order valence-electron chi connectivity index (χ0n) is 7.66. The van der Waals surface area contributed by atoms with Crippen molar-refractivity contribution < 1.29 is 4.79 Å². The van der Waals surface area contributed by atoms with Crippen LogP contribution in [0.4, 0.5) is 0 Å². The van der Waals surface area contributed by atoms with Gasteiger partial charge in [0.2, 0.25) is 0 Å². The number of rotatable bonds is 2. The number of carbonyl (C=O) groups is 1. The summed E-state index contributed by atoms with van der Waals surface area (Å²) in [6.45, 7) is 1.88. The second-order valence-electron chi connectivity index (χ2n) is 3.23. The zero-order valence-corrected chi connectivity index (χ0v) is 7.66. The number of amides is 1. The van der Waals surface area contributed by atoms with Crippen molar-refractivity contribution in [1.29, 1.82) is 0 Å². The average Bonchev–Trinajstić information content (AvgIpc) is 2.72. The lowest BCUT2D eigenvalue weighted by Crippen LogP contribution is -2.43. The first-order valence-corrected chi connectivity index (χ1v) is 4.61. The normalized spacial score (nSPS) is 18.0. The van der Waals surface area contributed by atoms with Crippen molar-refractivity contribution in [3.8, 4) is 0 Å². The van der Waals surface area contributed by atoms with Gasteiger partial charge in [-0.3, -0.25) is 4.79 Å². The third-order valence-electron chi connectivity index (χ3n) is 2.22. The van der Waals surface area contributed by atoms with Crippen LogP contribution in [0.2, 0.25) is 0 Å². The number of hydrogen-bond acceptors (Lipinski definition) is 5. The van der Waals surface area contributed by atoms with E-state index in [0.717, 1.165) is 25.9 Å². The molecule has 7 heteroatoms. The van der Waals surface area contributed by atoms with E-state index in [2.05, 4.69) is 31.3 Å². The molecule has 0 radical (unpaired) electrons. The van der Waals surface area contributed by atoms with Gasteiger partial charge in [-0.15, -0.1) is 10.2 Å². The van der Waals surface area contributed by atoms with Gasteiger partial charge in [-0.1, -0.05) is 0 Å². The fourth-order valence-corrected chi connectivity index (χ4v) is 1.47. The Morgan fingerprint density at radius 1 is 1.43 bits per heavy atom. The minimum Gasteiger partial charge on any atom is -0.346 e. The molecule has 7 nitrogen and oxygen atoms in total. The molecule has 0 spiro atoms. The molecule has 1 fully saturated rings. The van der Waals surface area contributed by atoms with Gasteiger partial charge < -0.3 is 10.6 Å². The maximum Gasteiger partial charge on any atom is 0.293 e. The smallest absolute Gasteiger partial charge is 0.293 e. The highest BCUT2D eigenvalue weighted by Gasteiger charge is 2.18. The lowest BCUT2D eigenvalue weighted by molar-refractivity contribution is 0.0919. The minimum absolute atomic E-state index is 0.100. The van der Waals surface area contributed by atoms with Crippen molar-refractivity contribution in [3.63, 3.8) is 0 Å². The summed E-state index contributed by atoms with van der Waals surface area (Å²) in [7, 11) is 0. The molecule has 0 aliphatic carbocycles. The Morgan fingerprint density at radius 3 is 2.86 bits per heavy atom. The number of nitrogens with zero attached hydrogens (tertiary/aromatic N) is 3. The number of piperidine rings is 1. The van der Waals surface area contributed by atoms with Crippen LogP contribution in [0, 0.1) is 0 Å². The topological polar surface area (TPSA) is 95.6 Å². The number of tetrazole rings is 1. The predicted octanol–water partition coefficient (Wildman–Crippen LogP) is -1.32. The van der Waals surface area contributed by atoms with Crippen molar-refractivity contribution in [2.45, 2.75) is 18.9 Å². The fraction of sp³-hybridized carbons (Fsp3) is 0.714. The van der Waals surface area contributed by atoms with Crippen molar-refractivity contribution in [1.82, 2.24) is 31.3 Å². The molecule has 3 N–H and O–H groups in total. The van der Waals surface area contributed by atoms with Gasteiger partial charge in [0, 0.05) is 6.04 Å². The number of hydrogen-bond donors (Lipinski definition) is 3. The predicted molar refractivity (Wildman–Crippen MR) is 47.5 cm³/mol. The van der Waals surface area contributed by atoms with Crippen LogP contribution < -0.4 is 10.6 Å². The standard InChI is InChI=1S/C7H12N6O/c14-7(6-10-12-13-11-6)9-5-1-3-8-4-2-5/h5,8H,1-4H2,(H,9,14)(H,10,11,12,13). The van der Waals surface area contributed by atoms with Crippen molar-refractivity contribution >= 4 is 5.91 Å². The molecule has 2 rings (SSSR count). The van der Waals surface area contributed by atoms with Crippen LogP contribution >= 0.6 is 0 Å². The number of aromatic amines is 1. The van der Waals surface area contributed by atoms with E-state index in [4.69, 9.17) is 0 Å². The average molecular weight is 196 g/mol.